The van der Waals surface area contributed by atoms with Crippen LogP contribution in [0.1, 0.15) is 28.2 Å². The summed E-state index contributed by atoms with van der Waals surface area (Å²) in [6, 6.07) is 20.9. The molecule has 40 heavy (non-hydrogen) atoms. The van der Waals surface area contributed by atoms with E-state index in [-0.39, 0.29) is 18.4 Å². The number of carboxylic acids is 1. The number of likely N-dealkylation sites (tertiary alicyclic amines) is 1. The standard InChI is InChI=1S/C30H24Cl2N4O4/c1-34-29(40)36(25-13-23(31)12-24(32)14-25)28(39)30(34)18-35(17-26(30)22-9-6-20(15-33)7-10-22)16-21-4-2-19(3-5-21)8-11-27(37)38/h2-14,26H,16-18H2,1H3,(H,37,38)/b11-8+. The molecule has 0 radical (unpaired) electrons. The molecule has 2 heterocycles. The number of imide groups is 1. The molecule has 0 aliphatic carbocycles. The summed E-state index contributed by atoms with van der Waals surface area (Å²) in [5.74, 6) is -1.77. The Morgan fingerprint density at radius 3 is 2.33 bits per heavy atom. The van der Waals surface area contributed by atoms with Crippen molar-refractivity contribution < 1.29 is 19.5 Å². The van der Waals surface area contributed by atoms with Crippen LogP contribution >= 0.6 is 23.2 Å². The number of carboxylic acid groups (broad SMARTS) is 1. The minimum atomic E-state index is -1.20. The number of aliphatic carboxylic acids is 1. The van der Waals surface area contributed by atoms with Gasteiger partial charge in [0.25, 0.3) is 5.91 Å². The third-order valence-electron chi connectivity index (χ3n) is 7.48. The van der Waals surface area contributed by atoms with Crippen LogP contribution in [-0.4, -0.2) is 58.5 Å². The number of halogens is 2. The van der Waals surface area contributed by atoms with Crippen molar-refractivity contribution in [2.75, 3.05) is 25.0 Å². The van der Waals surface area contributed by atoms with Crippen LogP contribution in [0.25, 0.3) is 6.08 Å². The maximum Gasteiger partial charge on any atom is 0.332 e. The smallest absolute Gasteiger partial charge is 0.332 e. The van der Waals surface area contributed by atoms with Crippen LogP contribution < -0.4 is 4.90 Å². The molecule has 3 aromatic carbocycles. The molecule has 0 saturated carbocycles. The second kappa shape index (κ2) is 10.8. The zero-order valence-electron chi connectivity index (χ0n) is 21.4. The third-order valence-corrected chi connectivity index (χ3v) is 7.92. The van der Waals surface area contributed by atoms with Gasteiger partial charge < -0.3 is 10.0 Å². The quantitative estimate of drug-likeness (QED) is 0.312. The van der Waals surface area contributed by atoms with E-state index in [0.29, 0.717) is 34.4 Å². The molecular formula is C30H24Cl2N4O4. The fourth-order valence-electron chi connectivity index (χ4n) is 5.57. The number of hydrogen-bond acceptors (Lipinski definition) is 5. The van der Waals surface area contributed by atoms with Gasteiger partial charge in [0.1, 0.15) is 5.54 Å². The summed E-state index contributed by atoms with van der Waals surface area (Å²) >= 11 is 12.4. The second-order valence-corrected chi connectivity index (χ2v) is 10.8. The van der Waals surface area contributed by atoms with E-state index in [1.807, 2.05) is 36.4 Å². The van der Waals surface area contributed by atoms with Gasteiger partial charge in [-0.25, -0.2) is 14.5 Å². The summed E-state index contributed by atoms with van der Waals surface area (Å²) in [4.78, 5) is 43.5. The van der Waals surface area contributed by atoms with E-state index < -0.39 is 17.5 Å². The van der Waals surface area contributed by atoms with E-state index in [9.17, 15) is 19.6 Å². The predicted octanol–water partition coefficient (Wildman–Crippen LogP) is 5.40. The largest absolute Gasteiger partial charge is 0.478 e. The van der Waals surface area contributed by atoms with E-state index in [2.05, 4.69) is 11.0 Å². The molecular weight excluding hydrogens is 551 g/mol. The first-order chi connectivity index (χ1) is 19.1. The lowest BCUT2D eigenvalue weighted by Gasteiger charge is -2.34. The molecule has 2 saturated heterocycles. The number of nitrogens with zero attached hydrogens (tertiary/aromatic N) is 4. The van der Waals surface area contributed by atoms with Crippen molar-refractivity contribution in [2.24, 2.45) is 0 Å². The van der Waals surface area contributed by atoms with E-state index in [4.69, 9.17) is 28.3 Å². The number of anilines is 1. The first-order valence-electron chi connectivity index (χ1n) is 12.4. The normalized spacial score (nSPS) is 21.1. The van der Waals surface area contributed by atoms with Gasteiger partial charge in [-0.2, -0.15) is 5.26 Å². The van der Waals surface area contributed by atoms with E-state index in [1.54, 1.807) is 31.3 Å². The monoisotopic (exact) mass is 574 g/mol. The Morgan fingerprint density at radius 1 is 1.07 bits per heavy atom. The first kappa shape index (κ1) is 27.4. The molecule has 2 aliphatic heterocycles. The number of likely N-dealkylation sites (N-methyl/N-ethyl adjacent to an activating group) is 1. The lowest BCUT2D eigenvalue weighted by molar-refractivity contribution is -0.131. The Kier molecular flexibility index (Phi) is 7.39. The minimum Gasteiger partial charge on any atom is -0.478 e. The number of hydrogen-bond donors (Lipinski definition) is 1. The van der Waals surface area contributed by atoms with Crippen molar-refractivity contribution in [1.29, 1.82) is 5.26 Å². The van der Waals surface area contributed by atoms with Gasteiger partial charge in [0, 0.05) is 48.7 Å². The van der Waals surface area contributed by atoms with Crippen LogP contribution in [0.2, 0.25) is 10.0 Å². The van der Waals surface area contributed by atoms with Crippen molar-refractivity contribution >= 4 is 52.9 Å². The fraction of sp³-hybridized carbons (Fsp3) is 0.200. The predicted molar refractivity (Wildman–Crippen MR) is 152 cm³/mol. The van der Waals surface area contributed by atoms with Gasteiger partial charge in [0.2, 0.25) is 0 Å². The molecule has 1 spiro atoms. The highest BCUT2D eigenvalue weighted by Gasteiger charge is 2.64. The Labute approximate surface area is 241 Å². The van der Waals surface area contributed by atoms with E-state index in [1.165, 1.54) is 17.0 Å². The Hall–Kier alpha value is -4.16. The average Bonchev–Trinajstić information content (AvgIpc) is 3.39. The lowest BCUT2D eigenvalue weighted by atomic mass is 9.80. The van der Waals surface area contributed by atoms with Crippen LogP contribution in [0.4, 0.5) is 10.5 Å². The zero-order chi connectivity index (χ0) is 28.6. The molecule has 2 aliphatic rings. The number of urea groups is 1. The third kappa shape index (κ3) is 4.95. The molecule has 3 amide bonds. The highest BCUT2D eigenvalue weighted by atomic mass is 35.5. The SMILES string of the molecule is CN1C(=O)N(c2cc(Cl)cc(Cl)c2)C(=O)C12CN(Cc1ccc(/C=C/C(=O)O)cc1)CC2c1ccc(C#N)cc1. The van der Waals surface area contributed by atoms with Crippen LogP contribution in [0.15, 0.2) is 72.8 Å². The molecule has 0 aromatic heterocycles. The van der Waals surface area contributed by atoms with E-state index in [0.717, 1.165) is 27.7 Å². The average molecular weight is 575 g/mol. The topological polar surface area (TPSA) is 105 Å². The summed E-state index contributed by atoms with van der Waals surface area (Å²) in [6.07, 6.45) is 2.60. The van der Waals surface area contributed by atoms with Gasteiger partial charge in [0.15, 0.2) is 0 Å². The lowest BCUT2D eigenvalue weighted by Crippen LogP contribution is -2.53. The van der Waals surface area contributed by atoms with Crippen molar-refractivity contribution in [2.45, 2.75) is 18.0 Å². The molecule has 5 rings (SSSR count). The summed E-state index contributed by atoms with van der Waals surface area (Å²) < 4.78 is 0. The summed E-state index contributed by atoms with van der Waals surface area (Å²) in [5, 5.41) is 18.8. The summed E-state index contributed by atoms with van der Waals surface area (Å²) in [5.41, 5.74) is 2.17. The summed E-state index contributed by atoms with van der Waals surface area (Å²) in [6.45, 7) is 1.28. The van der Waals surface area contributed by atoms with E-state index >= 15 is 0 Å². The van der Waals surface area contributed by atoms with Crippen molar-refractivity contribution in [3.8, 4) is 6.07 Å². The minimum absolute atomic E-state index is 0.282. The molecule has 2 atom stereocenters. The van der Waals surface area contributed by atoms with Gasteiger partial charge in [-0.05, 0) is 53.1 Å². The molecule has 2 fully saturated rings. The molecule has 0 bridgehead atoms. The fourth-order valence-corrected chi connectivity index (χ4v) is 6.09. The highest BCUT2D eigenvalue weighted by Crippen LogP contribution is 2.47. The number of benzene rings is 3. The Bertz CT molecular complexity index is 1550. The number of amides is 3. The molecule has 2 unspecified atom stereocenters. The van der Waals surface area contributed by atoms with Gasteiger partial charge in [0.05, 0.1) is 17.3 Å². The maximum absolute atomic E-state index is 14.3. The van der Waals surface area contributed by atoms with Gasteiger partial charge >= 0.3 is 12.0 Å². The van der Waals surface area contributed by atoms with Crippen LogP contribution in [0.5, 0.6) is 0 Å². The van der Waals surface area contributed by atoms with Crippen molar-refractivity contribution in [3.05, 3.63) is 105 Å². The molecule has 10 heteroatoms. The van der Waals surface area contributed by atoms with Gasteiger partial charge in [-0.15, -0.1) is 0 Å². The molecule has 202 valence electrons. The highest BCUT2D eigenvalue weighted by molar-refractivity contribution is 6.35. The van der Waals surface area contributed by atoms with Crippen LogP contribution in [-0.2, 0) is 16.1 Å². The van der Waals surface area contributed by atoms with Gasteiger partial charge in [-0.3, -0.25) is 9.69 Å². The number of carbonyl (C=O) groups excluding carboxylic acids is 2. The molecule has 8 nitrogen and oxygen atoms in total. The molecule has 1 N–H and O–H groups in total. The van der Waals surface area contributed by atoms with Crippen molar-refractivity contribution in [1.82, 2.24) is 9.80 Å². The second-order valence-electron chi connectivity index (χ2n) is 9.90. The first-order valence-corrected chi connectivity index (χ1v) is 13.2. The van der Waals surface area contributed by atoms with Crippen LogP contribution in [0.3, 0.4) is 0 Å². The van der Waals surface area contributed by atoms with Crippen LogP contribution in [0, 0.1) is 11.3 Å². The zero-order valence-corrected chi connectivity index (χ0v) is 22.9. The number of carbonyl (C=O) groups is 3. The molecule has 3 aromatic rings. The summed E-state index contributed by atoms with van der Waals surface area (Å²) in [7, 11) is 1.64. The van der Waals surface area contributed by atoms with Crippen molar-refractivity contribution in [3.63, 3.8) is 0 Å². The number of nitriles is 1. The Balaban J connectivity index is 1.51. The van der Waals surface area contributed by atoms with Gasteiger partial charge in [-0.1, -0.05) is 59.6 Å². The Morgan fingerprint density at radius 2 is 1.73 bits per heavy atom. The maximum atomic E-state index is 14.3. The number of rotatable bonds is 6.